The number of nitrogens with one attached hydrogen (secondary N) is 1. The topological polar surface area (TPSA) is 96.3 Å². The van der Waals surface area contributed by atoms with Crippen LogP contribution >= 0.6 is 0 Å². The number of carbonyl (C=O) groups excluding carboxylic acids is 1. The molecule has 0 unspecified atom stereocenters. The third-order valence-electron chi connectivity index (χ3n) is 6.71. The van der Waals surface area contributed by atoms with E-state index in [1.54, 1.807) is 6.20 Å². The number of ether oxygens (including phenoxy) is 2. The number of benzene rings is 2. The van der Waals surface area contributed by atoms with Crippen LogP contribution < -0.4 is 15.8 Å². The van der Waals surface area contributed by atoms with E-state index in [9.17, 15) is 4.79 Å². The lowest BCUT2D eigenvalue weighted by atomic mass is 9.92. The Bertz CT molecular complexity index is 1370. The van der Waals surface area contributed by atoms with Crippen molar-refractivity contribution in [3.8, 4) is 17.0 Å². The summed E-state index contributed by atoms with van der Waals surface area (Å²) in [5.74, 6) is 1.69. The smallest absolute Gasteiger partial charge is 0.411 e. The molecule has 1 aliphatic carbocycles. The summed E-state index contributed by atoms with van der Waals surface area (Å²) < 4.78 is 15.8. The van der Waals surface area contributed by atoms with Crippen LogP contribution in [0.1, 0.15) is 51.9 Å². The second-order valence-electron chi connectivity index (χ2n) is 9.47. The molecule has 5 rings (SSSR count). The number of amides is 1. The molecule has 0 aliphatic heterocycles. The van der Waals surface area contributed by atoms with Crippen LogP contribution in [0.4, 0.5) is 16.2 Å². The highest BCUT2D eigenvalue weighted by molar-refractivity contribution is 6.01. The molecule has 8 heteroatoms. The van der Waals surface area contributed by atoms with Gasteiger partial charge in [0.05, 0.1) is 23.0 Å². The van der Waals surface area contributed by atoms with Gasteiger partial charge in [-0.15, -0.1) is 0 Å². The molecule has 2 aromatic carbocycles. The van der Waals surface area contributed by atoms with Gasteiger partial charge in [0.2, 0.25) is 0 Å². The maximum Gasteiger partial charge on any atom is 0.411 e. The van der Waals surface area contributed by atoms with E-state index in [0.717, 1.165) is 58.8 Å². The SMILES string of the molecule is CCn1ccnc1COc1ccc2c(N)c(-c3ccc(NC(=O)OC(C)C)cc3)n(C3CCC3)c2c1. The van der Waals surface area contributed by atoms with Crippen molar-refractivity contribution in [1.82, 2.24) is 14.1 Å². The first-order chi connectivity index (χ1) is 17.4. The molecule has 0 saturated heterocycles. The van der Waals surface area contributed by atoms with Crippen molar-refractivity contribution in [3.63, 3.8) is 0 Å². The number of anilines is 2. The predicted molar refractivity (Wildman–Crippen MR) is 142 cm³/mol. The minimum atomic E-state index is -0.463. The molecule has 0 spiro atoms. The van der Waals surface area contributed by atoms with Crippen molar-refractivity contribution in [1.29, 1.82) is 0 Å². The fraction of sp³-hybridized carbons (Fsp3) is 0.357. The zero-order valence-electron chi connectivity index (χ0n) is 21.0. The third kappa shape index (κ3) is 4.63. The molecule has 4 aromatic rings. The van der Waals surface area contributed by atoms with Crippen molar-refractivity contribution in [2.75, 3.05) is 11.1 Å². The van der Waals surface area contributed by atoms with E-state index in [-0.39, 0.29) is 6.10 Å². The highest BCUT2D eigenvalue weighted by atomic mass is 16.6. The van der Waals surface area contributed by atoms with Crippen LogP contribution in [0, 0.1) is 0 Å². The van der Waals surface area contributed by atoms with Gasteiger partial charge in [0, 0.05) is 47.7 Å². The summed E-state index contributed by atoms with van der Waals surface area (Å²) in [5, 5.41) is 3.79. The number of nitrogen functional groups attached to an aromatic ring is 1. The van der Waals surface area contributed by atoms with E-state index in [2.05, 4.69) is 32.4 Å². The first-order valence-electron chi connectivity index (χ1n) is 12.6. The lowest BCUT2D eigenvalue weighted by molar-refractivity contribution is 0.130. The molecular formula is C28H33N5O3. The van der Waals surface area contributed by atoms with Gasteiger partial charge < -0.3 is 24.3 Å². The van der Waals surface area contributed by atoms with Crippen LogP contribution in [-0.4, -0.2) is 26.3 Å². The molecule has 8 nitrogen and oxygen atoms in total. The van der Waals surface area contributed by atoms with E-state index in [1.807, 2.05) is 56.4 Å². The second kappa shape index (κ2) is 9.97. The number of imidazole rings is 1. The maximum absolute atomic E-state index is 12.0. The van der Waals surface area contributed by atoms with Gasteiger partial charge in [-0.3, -0.25) is 5.32 Å². The minimum Gasteiger partial charge on any atom is -0.486 e. The van der Waals surface area contributed by atoms with Crippen molar-refractivity contribution >= 4 is 28.4 Å². The number of hydrogen-bond acceptors (Lipinski definition) is 5. The van der Waals surface area contributed by atoms with Crippen LogP contribution in [0.5, 0.6) is 5.75 Å². The number of aryl methyl sites for hydroxylation is 1. The van der Waals surface area contributed by atoms with Crippen LogP contribution in [-0.2, 0) is 17.9 Å². The number of aromatic nitrogens is 3. The van der Waals surface area contributed by atoms with E-state index in [1.165, 1.54) is 6.42 Å². The second-order valence-corrected chi connectivity index (χ2v) is 9.47. The average molecular weight is 488 g/mol. The Labute approximate surface area is 211 Å². The fourth-order valence-electron chi connectivity index (χ4n) is 4.71. The molecule has 3 N–H and O–H groups in total. The van der Waals surface area contributed by atoms with Gasteiger partial charge in [-0.1, -0.05) is 12.1 Å². The molecule has 1 amide bonds. The monoisotopic (exact) mass is 487 g/mol. The summed E-state index contributed by atoms with van der Waals surface area (Å²) in [5.41, 5.74) is 11.3. The standard InChI is InChI=1S/C28H33N5O3/c1-4-32-15-14-30-25(32)17-35-22-12-13-23-24(16-22)33(21-6-5-7-21)27(26(23)29)19-8-10-20(11-9-19)31-28(34)36-18(2)3/h8-16,18,21H,4-7,17,29H2,1-3H3,(H,31,34). The van der Waals surface area contributed by atoms with Crippen molar-refractivity contribution in [3.05, 3.63) is 60.7 Å². The molecule has 1 fully saturated rings. The molecular weight excluding hydrogens is 454 g/mol. The summed E-state index contributed by atoms with van der Waals surface area (Å²) in [7, 11) is 0. The first kappa shape index (κ1) is 23.8. The number of rotatable bonds is 8. The Morgan fingerprint density at radius 2 is 1.97 bits per heavy atom. The predicted octanol–water partition coefficient (Wildman–Crippen LogP) is 6.37. The molecule has 188 valence electrons. The van der Waals surface area contributed by atoms with Crippen molar-refractivity contribution in [2.45, 2.75) is 65.3 Å². The van der Waals surface area contributed by atoms with Gasteiger partial charge in [0.15, 0.2) is 0 Å². The normalized spacial score (nSPS) is 13.7. The molecule has 2 aromatic heterocycles. The quantitative estimate of drug-likeness (QED) is 0.301. The number of fused-ring (bicyclic) bond motifs is 1. The Kier molecular flexibility index (Phi) is 6.59. The number of nitrogens with zero attached hydrogens (tertiary/aromatic N) is 3. The molecule has 2 heterocycles. The number of nitrogens with two attached hydrogens (primary N) is 1. The Balaban J connectivity index is 1.46. The number of carbonyl (C=O) groups is 1. The van der Waals surface area contributed by atoms with E-state index in [0.29, 0.717) is 18.3 Å². The Morgan fingerprint density at radius 3 is 2.64 bits per heavy atom. The number of hydrogen-bond donors (Lipinski definition) is 2. The van der Waals surface area contributed by atoms with Gasteiger partial charge in [-0.2, -0.15) is 0 Å². The van der Waals surface area contributed by atoms with E-state index in [4.69, 9.17) is 15.2 Å². The van der Waals surface area contributed by atoms with Crippen molar-refractivity contribution in [2.24, 2.45) is 0 Å². The van der Waals surface area contributed by atoms with E-state index >= 15 is 0 Å². The molecule has 1 saturated carbocycles. The Morgan fingerprint density at radius 1 is 1.19 bits per heavy atom. The molecule has 36 heavy (non-hydrogen) atoms. The minimum absolute atomic E-state index is 0.176. The highest BCUT2D eigenvalue weighted by Crippen LogP contribution is 2.45. The molecule has 0 atom stereocenters. The Hall–Kier alpha value is -3.94. The average Bonchev–Trinajstić information content (AvgIpc) is 3.39. The summed E-state index contributed by atoms with van der Waals surface area (Å²) in [6.07, 6.45) is 6.57. The summed E-state index contributed by atoms with van der Waals surface area (Å²) in [6.45, 7) is 7.00. The summed E-state index contributed by atoms with van der Waals surface area (Å²) >= 11 is 0. The van der Waals surface area contributed by atoms with Gasteiger partial charge in [-0.25, -0.2) is 9.78 Å². The van der Waals surface area contributed by atoms with Crippen LogP contribution in [0.25, 0.3) is 22.2 Å². The molecule has 0 bridgehead atoms. The van der Waals surface area contributed by atoms with E-state index < -0.39 is 6.09 Å². The maximum atomic E-state index is 12.0. The van der Waals surface area contributed by atoms with Crippen LogP contribution in [0.2, 0.25) is 0 Å². The fourth-order valence-corrected chi connectivity index (χ4v) is 4.71. The zero-order valence-corrected chi connectivity index (χ0v) is 21.0. The van der Waals surface area contributed by atoms with Crippen molar-refractivity contribution < 1.29 is 14.3 Å². The van der Waals surface area contributed by atoms with Gasteiger partial charge in [-0.05, 0) is 64.3 Å². The van der Waals surface area contributed by atoms with Gasteiger partial charge in [0.25, 0.3) is 0 Å². The largest absolute Gasteiger partial charge is 0.486 e. The zero-order chi connectivity index (χ0) is 25.2. The van der Waals surface area contributed by atoms with Crippen LogP contribution in [0.3, 0.4) is 0 Å². The summed E-state index contributed by atoms with van der Waals surface area (Å²) in [6, 6.07) is 14.2. The lowest BCUT2D eigenvalue weighted by Gasteiger charge is -2.30. The van der Waals surface area contributed by atoms with Gasteiger partial charge in [0.1, 0.15) is 18.2 Å². The highest BCUT2D eigenvalue weighted by Gasteiger charge is 2.27. The third-order valence-corrected chi connectivity index (χ3v) is 6.71. The summed E-state index contributed by atoms with van der Waals surface area (Å²) in [4.78, 5) is 16.4. The lowest BCUT2D eigenvalue weighted by Crippen LogP contribution is -2.18. The molecule has 1 aliphatic rings. The molecule has 0 radical (unpaired) electrons. The van der Waals surface area contributed by atoms with Gasteiger partial charge >= 0.3 is 6.09 Å². The first-order valence-corrected chi connectivity index (χ1v) is 12.6. The van der Waals surface area contributed by atoms with Crippen LogP contribution in [0.15, 0.2) is 54.9 Å².